The molecular formula is C25H25N3O4. The van der Waals surface area contributed by atoms with Gasteiger partial charge in [0.1, 0.15) is 11.9 Å². The second-order valence-corrected chi connectivity index (χ2v) is 8.20. The van der Waals surface area contributed by atoms with Crippen molar-refractivity contribution in [2.24, 2.45) is 0 Å². The highest BCUT2D eigenvalue weighted by Gasteiger charge is 2.27. The minimum Gasteiger partial charge on any atom is -0.487 e. The lowest BCUT2D eigenvalue weighted by Gasteiger charge is -2.13. The second-order valence-electron chi connectivity index (χ2n) is 8.20. The molecule has 0 aliphatic carbocycles. The average molecular weight is 431 g/mol. The normalized spacial score (nSPS) is 15.9. The minimum absolute atomic E-state index is 0.0000822. The number of fused-ring (bicyclic) bond motifs is 2. The molecular weight excluding hydrogens is 406 g/mol. The van der Waals surface area contributed by atoms with Crippen molar-refractivity contribution in [2.45, 2.75) is 39.2 Å². The zero-order valence-electron chi connectivity index (χ0n) is 18.2. The Bertz CT molecular complexity index is 1160. The molecule has 0 spiro atoms. The Morgan fingerprint density at radius 1 is 1.06 bits per heavy atom. The van der Waals surface area contributed by atoms with Crippen molar-refractivity contribution in [3.63, 3.8) is 0 Å². The van der Waals surface area contributed by atoms with Crippen molar-refractivity contribution >= 4 is 5.91 Å². The highest BCUT2D eigenvalue weighted by Crippen LogP contribution is 2.37. The highest BCUT2D eigenvalue weighted by molar-refractivity contribution is 5.76. The average Bonchev–Trinajstić information content (AvgIpc) is 3.41. The monoisotopic (exact) mass is 431 g/mol. The Morgan fingerprint density at radius 2 is 1.88 bits per heavy atom. The number of hydrogen-bond acceptors (Lipinski definition) is 6. The van der Waals surface area contributed by atoms with E-state index in [1.807, 2.05) is 50.2 Å². The SMILES string of the molecule is Cc1cc(C)nc(-c2cccc3c2OC(CNC(=O)CCc2ccc4c(c2)OCO4)C3)n1. The van der Waals surface area contributed by atoms with E-state index in [1.165, 1.54) is 0 Å². The van der Waals surface area contributed by atoms with Crippen LogP contribution in [0.15, 0.2) is 42.5 Å². The van der Waals surface area contributed by atoms with E-state index in [2.05, 4.69) is 21.4 Å². The molecule has 0 saturated heterocycles. The number of aromatic nitrogens is 2. The molecule has 3 aromatic rings. The second kappa shape index (κ2) is 8.49. The van der Waals surface area contributed by atoms with Gasteiger partial charge in [-0.2, -0.15) is 0 Å². The van der Waals surface area contributed by atoms with Crippen LogP contribution in [-0.4, -0.2) is 35.3 Å². The van der Waals surface area contributed by atoms with Crippen LogP contribution in [0.3, 0.4) is 0 Å². The van der Waals surface area contributed by atoms with Gasteiger partial charge in [0, 0.05) is 24.2 Å². The predicted molar refractivity (Wildman–Crippen MR) is 119 cm³/mol. The molecule has 2 aromatic carbocycles. The number of carbonyl (C=O) groups is 1. The molecule has 5 rings (SSSR count). The Balaban J connectivity index is 1.17. The molecule has 1 N–H and O–H groups in total. The van der Waals surface area contributed by atoms with E-state index in [-0.39, 0.29) is 18.8 Å². The maximum atomic E-state index is 12.4. The molecule has 7 nitrogen and oxygen atoms in total. The molecule has 1 atom stereocenters. The molecule has 0 saturated carbocycles. The van der Waals surface area contributed by atoms with Crippen LogP contribution >= 0.6 is 0 Å². The number of amides is 1. The molecule has 7 heteroatoms. The zero-order valence-corrected chi connectivity index (χ0v) is 18.2. The smallest absolute Gasteiger partial charge is 0.231 e. The summed E-state index contributed by atoms with van der Waals surface area (Å²) < 4.78 is 16.9. The molecule has 2 aliphatic rings. The van der Waals surface area contributed by atoms with Crippen LogP contribution in [0.2, 0.25) is 0 Å². The first-order chi connectivity index (χ1) is 15.5. The summed E-state index contributed by atoms with van der Waals surface area (Å²) in [6.45, 7) is 4.64. The van der Waals surface area contributed by atoms with Crippen LogP contribution in [0.1, 0.15) is 28.9 Å². The standard InChI is InChI=1S/C25H25N3O4/c1-15-10-16(2)28-25(27-15)20-5-3-4-18-12-19(32-24(18)20)13-26-23(29)9-7-17-6-8-21-22(11-17)31-14-30-21/h3-6,8,10-11,19H,7,9,12-14H2,1-2H3,(H,26,29). The molecule has 164 valence electrons. The largest absolute Gasteiger partial charge is 0.487 e. The van der Waals surface area contributed by atoms with Gasteiger partial charge < -0.3 is 19.5 Å². The molecule has 1 aromatic heterocycles. The van der Waals surface area contributed by atoms with Gasteiger partial charge in [-0.15, -0.1) is 0 Å². The maximum Gasteiger partial charge on any atom is 0.231 e. The molecule has 1 amide bonds. The molecule has 0 fully saturated rings. The molecule has 2 aliphatic heterocycles. The summed E-state index contributed by atoms with van der Waals surface area (Å²) in [6.07, 6.45) is 1.69. The van der Waals surface area contributed by atoms with Crippen molar-refractivity contribution in [2.75, 3.05) is 13.3 Å². The van der Waals surface area contributed by atoms with Crippen LogP contribution in [0.4, 0.5) is 0 Å². The maximum absolute atomic E-state index is 12.4. The first kappa shape index (κ1) is 20.3. The minimum atomic E-state index is -0.105. The first-order valence-corrected chi connectivity index (χ1v) is 10.8. The van der Waals surface area contributed by atoms with E-state index in [9.17, 15) is 4.79 Å². The topological polar surface area (TPSA) is 82.6 Å². The molecule has 1 unspecified atom stereocenters. The summed E-state index contributed by atoms with van der Waals surface area (Å²) in [6, 6.07) is 13.8. The number of aryl methyl sites for hydroxylation is 3. The fourth-order valence-electron chi connectivity index (χ4n) is 4.15. The van der Waals surface area contributed by atoms with Gasteiger partial charge in [0.2, 0.25) is 12.7 Å². The third-order valence-electron chi connectivity index (χ3n) is 5.66. The number of ether oxygens (including phenoxy) is 3. The Kier molecular flexibility index (Phi) is 5.39. The fourth-order valence-corrected chi connectivity index (χ4v) is 4.15. The van der Waals surface area contributed by atoms with Gasteiger partial charge in [-0.25, -0.2) is 9.97 Å². The first-order valence-electron chi connectivity index (χ1n) is 10.8. The van der Waals surface area contributed by atoms with Gasteiger partial charge in [-0.3, -0.25) is 4.79 Å². The van der Waals surface area contributed by atoms with E-state index in [0.29, 0.717) is 25.2 Å². The number of para-hydroxylation sites is 1. The summed E-state index contributed by atoms with van der Waals surface area (Å²) in [7, 11) is 0. The van der Waals surface area contributed by atoms with Crippen LogP contribution in [0.25, 0.3) is 11.4 Å². The van der Waals surface area contributed by atoms with Gasteiger partial charge in [0.25, 0.3) is 0 Å². The summed E-state index contributed by atoms with van der Waals surface area (Å²) in [5.41, 5.74) is 4.91. The molecule has 0 bridgehead atoms. The Labute approximate surface area is 186 Å². The van der Waals surface area contributed by atoms with Crippen LogP contribution in [0.5, 0.6) is 17.2 Å². The molecule has 3 heterocycles. The van der Waals surface area contributed by atoms with Crippen LogP contribution in [-0.2, 0) is 17.6 Å². The van der Waals surface area contributed by atoms with Crippen LogP contribution < -0.4 is 19.5 Å². The number of rotatable bonds is 6. The fraction of sp³-hybridized carbons (Fsp3) is 0.320. The Hall–Kier alpha value is -3.61. The number of nitrogens with one attached hydrogen (secondary N) is 1. The van der Waals surface area contributed by atoms with Crippen molar-refractivity contribution in [1.29, 1.82) is 0 Å². The molecule has 32 heavy (non-hydrogen) atoms. The van der Waals surface area contributed by atoms with E-state index >= 15 is 0 Å². The van der Waals surface area contributed by atoms with E-state index < -0.39 is 0 Å². The lowest BCUT2D eigenvalue weighted by atomic mass is 10.1. The third kappa shape index (κ3) is 4.23. The highest BCUT2D eigenvalue weighted by atomic mass is 16.7. The quantitative estimate of drug-likeness (QED) is 0.643. The van der Waals surface area contributed by atoms with Crippen molar-refractivity contribution in [1.82, 2.24) is 15.3 Å². The van der Waals surface area contributed by atoms with Gasteiger partial charge in [-0.05, 0) is 55.7 Å². The predicted octanol–water partition coefficient (Wildman–Crippen LogP) is 3.54. The lowest BCUT2D eigenvalue weighted by Crippen LogP contribution is -2.34. The zero-order chi connectivity index (χ0) is 22.1. The van der Waals surface area contributed by atoms with Gasteiger partial charge >= 0.3 is 0 Å². The molecule has 0 radical (unpaired) electrons. The van der Waals surface area contributed by atoms with Crippen LogP contribution in [0, 0.1) is 13.8 Å². The summed E-state index contributed by atoms with van der Waals surface area (Å²) in [5, 5.41) is 3.01. The summed E-state index contributed by atoms with van der Waals surface area (Å²) in [5.74, 6) is 2.98. The summed E-state index contributed by atoms with van der Waals surface area (Å²) >= 11 is 0. The van der Waals surface area contributed by atoms with Crippen molar-refractivity contribution in [3.05, 3.63) is 65.0 Å². The lowest BCUT2D eigenvalue weighted by molar-refractivity contribution is -0.121. The van der Waals surface area contributed by atoms with Crippen molar-refractivity contribution < 1.29 is 19.0 Å². The number of benzene rings is 2. The van der Waals surface area contributed by atoms with E-state index in [4.69, 9.17) is 14.2 Å². The number of nitrogens with zero attached hydrogens (tertiary/aromatic N) is 2. The van der Waals surface area contributed by atoms with E-state index in [0.717, 1.165) is 51.7 Å². The van der Waals surface area contributed by atoms with Crippen molar-refractivity contribution in [3.8, 4) is 28.6 Å². The number of hydrogen-bond donors (Lipinski definition) is 1. The Morgan fingerprint density at radius 3 is 2.72 bits per heavy atom. The van der Waals surface area contributed by atoms with Gasteiger partial charge in [0.05, 0.1) is 12.1 Å². The summed E-state index contributed by atoms with van der Waals surface area (Å²) in [4.78, 5) is 21.6. The number of carbonyl (C=O) groups excluding carboxylic acids is 1. The van der Waals surface area contributed by atoms with Gasteiger partial charge in [-0.1, -0.05) is 18.2 Å². The van der Waals surface area contributed by atoms with E-state index in [1.54, 1.807) is 0 Å². The third-order valence-corrected chi connectivity index (χ3v) is 5.66. The van der Waals surface area contributed by atoms with Gasteiger partial charge in [0.15, 0.2) is 17.3 Å².